The maximum atomic E-state index is 14.3. The molecule has 0 radical (unpaired) electrons. The summed E-state index contributed by atoms with van der Waals surface area (Å²) in [6.45, 7) is 3.15. The van der Waals surface area contributed by atoms with E-state index in [1.807, 2.05) is 40.3 Å². The summed E-state index contributed by atoms with van der Waals surface area (Å²) < 4.78 is 23.1. The molecule has 0 saturated heterocycles. The lowest BCUT2D eigenvalue weighted by Gasteiger charge is -2.19. The van der Waals surface area contributed by atoms with E-state index in [2.05, 4.69) is 20.3 Å². The molecule has 1 N–H and O–H groups in total. The molecule has 10 heteroatoms. The number of fused-ring (bicyclic) bond motifs is 1. The fourth-order valence-corrected chi connectivity index (χ4v) is 4.16. The number of rotatable bonds is 8. The van der Waals surface area contributed by atoms with Gasteiger partial charge in [-0.05, 0) is 48.9 Å². The molecule has 3 aromatic heterocycles. The zero-order valence-electron chi connectivity index (χ0n) is 20.7. The summed E-state index contributed by atoms with van der Waals surface area (Å²) in [7, 11) is 3.22. The summed E-state index contributed by atoms with van der Waals surface area (Å²) in [5, 5.41) is 3.30. The molecule has 188 valence electrons. The van der Waals surface area contributed by atoms with Crippen LogP contribution in [0.15, 0.2) is 73.7 Å². The lowest BCUT2D eigenvalue weighted by Crippen LogP contribution is -2.30. The first-order valence-corrected chi connectivity index (χ1v) is 11.7. The van der Waals surface area contributed by atoms with Crippen LogP contribution in [0.3, 0.4) is 0 Å². The number of likely N-dealkylation sites (N-methyl/N-ethyl adjacent to an activating group) is 1. The van der Waals surface area contributed by atoms with Crippen LogP contribution in [0.5, 0.6) is 5.75 Å². The number of anilines is 2. The Morgan fingerprint density at radius 3 is 2.73 bits per heavy atom. The number of nitrogens with zero attached hydrogens (tertiary/aromatic N) is 6. The van der Waals surface area contributed by atoms with Crippen LogP contribution in [0.2, 0.25) is 0 Å². The quantitative estimate of drug-likeness (QED) is 0.337. The van der Waals surface area contributed by atoms with Gasteiger partial charge in [0, 0.05) is 61.7 Å². The fourth-order valence-electron chi connectivity index (χ4n) is 4.16. The van der Waals surface area contributed by atoms with Crippen molar-refractivity contribution in [2.45, 2.75) is 13.5 Å². The molecule has 0 unspecified atom stereocenters. The predicted octanol–water partition coefficient (Wildman–Crippen LogP) is 4.56. The number of methoxy groups -OCH3 is 1. The van der Waals surface area contributed by atoms with Gasteiger partial charge in [-0.25, -0.2) is 19.3 Å². The van der Waals surface area contributed by atoms with Gasteiger partial charge in [-0.3, -0.25) is 9.20 Å². The first-order valence-electron chi connectivity index (χ1n) is 11.7. The van der Waals surface area contributed by atoms with Crippen LogP contribution < -0.4 is 10.1 Å². The van der Waals surface area contributed by atoms with Crippen molar-refractivity contribution >= 4 is 23.1 Å². The molecule has 5 aromatic rings. The smallest absolute Gasteiger partial charge is 0.253 e. The number of hydrogen-bond acceptors (Lipinski definition) is 6. The van der Waals surface area contributed by atoms with Crippen LogP contribution >= 0.6 is 0 Å². The predicted molar refractivity (Wildman–Crippen MR) is 139 cm³/mol. The topological polar surface area (TPSA) is 89.6 Å². The molecule has 0 fully saturated rings. The van der Waals surface area contributed by atoms with Crippen molar-refractivity contribution in [3.63, 3.8) is 0 Å². The average Bonchev–Trinajstić information content (AvgIpc) is 3.58. The Balaban J connectivity index is 1.35. The molecule has 1 amide bonds. The van der Waals surface area contributed by atoms with E-state index in [0.717, 1.165) is 16.9 Å². The summed E-state index contributed by atoms with van der Waals surface area (Å²) in [6, 6.07) is 10.4. The van der Waals surface area contributed by atoms with E-state index in [9.17, 15) is 9.18 Å². The van der Waals surface area contributed by atoms with Crippen molar-refractivity contribution < 1.29 is 13.9 Å². The largest absolute Gasteiger partial charge is 0.494 e. The van der Waals surface area contributed by atoms with Crippen LogP contribution in [0.4, 0.5) is 15.9 Å². The molecular weight excluding hydrogens is 473 g/mol. The number of aryl methyl sites for hydroxylation is 1. The van der Waals surface area contributed by atoms with Crippen molar-refractivity contribution in [2.75, 3.05) is 26.0 Å². The number of halogens is 1. The highest BCUT2D eigenvalue weighted by Gasteiger charge is 2.16. The standard InChI is InChI=1S/C27H26FN7O2/c1-18-14-20(5-6-21(18)27(36)33(2)12-13-34-10-8-29-17-34)32-25-26-31-16-23(35(26)11-9-30-25)19-4-7-24(37-3)22(28)15-19/h4-11,14-17H,12-13H2,1-3H3,(H,30,32). The molecule has 0 bridgehead atoms. The average molecular weight is 500 g/mol. The molecule has 5 rings (SSSR count). The molecule has 0 aliphatic heterocycles. The SMILES string of the molecule is COc1ccc(-c2cnc3c(Nc4ccc(C(=O)N(C)CCn5ccnc5)c(C)c4)nccn23)cc1F. The van der Waals surface area contributed by atoms with Gasteiger partial charge in [0.1, 0.15) is 0 Å². The number of amides is 1. The Bertz CT molecular complexity index is 1560. The van der Waals surface area contributed by atoms with Crippen molar-refractivity contribution in [3.05, 3.63) is 90.7 Å². The van der Waals surface area contributed by atoms with Gasteiger partial charge in [-0.15, -0.1) is 0 Å². The number of imidazole rings is 2. The maximum absolute atomic E-state index is 14.3. The second-order valence-corrected chi connectivity index (χ2v) is 8.64. The maximum Gasteiger partial charge on any atom is 0.253 e. The number of nitrogens with one attached hydrogen (secondary N) is 1. The second kappa shape index (κ2) is 10.1. The third-order valence-electron chi connectivity index (χ3n) is 6.19. The Kier molecular flexibility index (Phi) is 6.55. The summed E-state index contributed by atoms with van der Waals surface area (Å²) in [5.41, 5.74) is 4.22. The zero-order valence-corrected chi connectivity index (χ0v) is 20.7. The van der Waals surface area contributed by atoms with Gasteiger partial charge in [-0.2, -0.15) is 0 Å². The van der Waals surface area contributed by atoms with E-state index in [-0.39, 0.29) is 11.7 Å². The lowest BCUT2D eigenvalue weighted by molar-refractivity contribution is 0.0789. The molecular formula is C27H26FN7O2. The van der Waals surface area contributed by atoms with Gasteiger partial charge in [0.2, 0.25) is 0 Å². The van der Waals surface area contributed by atoms with Crippen molar-refractivity contribution in [1.82, 2.24) is 28.8 Å². The van der Waals surface area contributed by atoms with E-state index in [1.165, 1.54) is 13.2 Å². The summed E-state index contributed by atoms with van der Waals surface area (Å²) in [5.74, 6) is 0.232. The molecule has 37 heavy (non-hydrogen) atoms. The highest BCUT2D eigenvalue weighted by atomic mass is 19.1. The monoisotopic (exact) mass is 499 g/mol. The molecule has 0 spiro atoms. The molecule has 2 aromatic carbocycles. The number of ether oxygens (including phenoxy) is 1. The number of benzene rings is 2. The van der Waals surface area contributed by atoms with E-state index in [0.29, 0.717) is 35.7 Å². The number of carbonyl (C=O) groups is 1. The number of aromatic nitrogens is 5. The van der Waals surface area contributed by atoms with Gasteiger partial charge in [-0.1, -0.05) is 0 Å². The van der Waals surface area contributed by atoms with Crippen LogP contribution in [0.1, 0.15) is 15.9 Å². The van der Waals surface area contributed by atoms with Gasteiger partial charge < -0.3 is 19.5 Å². The third-order valence-corrected chi connectivity index (χ3v) is 6.19. The van der Waals surface area contributed by atoms with E-state index < -0.39 is 5.82 Å². The molecule has 0 atom stereocenters. The van der Waals surface area contributed by atoms with Gasteiger partial charge in [0.05, 0.1) is 25.3 Å². The van der Waals surface area contributed by atoms with Gasteiger partial charge >= 0.3 is 0 Å². The second-order valence-electron chi connectivity index (χ2n) is 8.64. The minimum Gasteiger partial charge on any atom is -0.494 e. The van der Waals surface area contributed by atoms with E-state index in [1.54, 1.807) is 55.2 Å². The first-order chi connectivity index (χ1) is 17.9. The molecule has 0 aliphatic carbocycles. The van der Waals surface area contributed by atoms with Crippen LogP contribution in [-0.4, -0.2) is 55.4 Å². The summed E-state index contributed by atoms with van der Waals surface area (Å²) >= 11 is 0. The fraction of sp³-hybridized carbons (Fsp3) is 0.185. The Labute approximate surface area is 213 Å². The van der Waals surface area contributed by atoms with Crippen LogP contribution in [0.25, 0.3) is 16.9 Å². The van der Waals surface area contributed by atoms with Gasteiger partial charge in [0.25, 0.3) is 5.91 Å². The van der Waals surface area contributed by atoms with Crippen molar-refractivity contribution in [3.8, 4) is 17.0 Å². The van der Waals surface area contributed by atoms with E-state index in [4.69, 9.17) is 4.74 Å². The third kappa shape index (κ3) is 4.86. The Morgan fingerprint density at radius 2 is 2.00 bits per heavy atom. The lowest BCUT2D eigenvalue weighted by atomic mass is 10.1. The van der Waals surface area contributed by atoms with E-state index >= 15 is 0 Å². The molecule has 3 heterocycles. The molecule has 0 saturated carbocycles. The number of hydrogen-bond donors (Lipinski definition) is 1. The molecule has 9 nitrogen and oxygen atoms in total. The Hall–Kier alpha value is -4.73. The van der Waals surface area contributed by atoms with Crippen molar-refractivity contribution in [2.24, 2.45) is 0 Å². The summed E-state index contributed by atoms with van der Waals surface area (Å²) in [4.78, 5) is 27.7. The van der Waals surface area contributed by atoms with Crippen molar-refractivity contribution in [1.29, 1.82) is 0 Å². The highest BCUT2D eigenvalue weighted by molar-refractivity contribution is 5.96. The first kappa shape index (κ1) is 24.0. The minimum atomic E-state index is -0.445. The summed E-state index contributed by atoms with van der Waals surface area (Å²) in [6.07, 6.45) is 10.4. The number of carbonyl (C=O) groups excluding carboxylic acids is 1. The van der Waals surface area contributed by atoms with Crippen LogP contribution in [0, 0.1) is 12.7 Å². The minimum absolute atomic E-state index is 0.0472. The molecule has 0 aliphatic rings. The van der Waals surface area contributed by atoms with Gasteiger partial charge in [0.15, 0.2) is 23.0 Å². The normalized spacial score (nSPS) is 11.0. The zero-order chi connectivity index (χ0) is 25.9. The van der Waals surface area contributed by atoms with Crippen LogP contribution in [-0.2, 0) is 6.54 Å². The Morgan fingerprint density at radius 1 is 1.14 bits per heavy atom. The highest BCUT2D eigenvalue weighted by Crippen LogP contribution is 2.29.